The fourth-order valence-electron chi connectivity index (χ4n) is 2.00. The Morgan fingerprint density at radius 3 is 2.32 bits per heavy atom. The van der Waals surface area contributed by atoms with Crippen LogP contribution in [-0.4, -0.2) is 17.3 Å². The van der Waals surface area contributed by atoms with Crippen LogP contribution < -0.4 is 4.74 Å². The molecule has 0 aromatic heterocycles. The first-order valence-corrected chi connectivity index (χ1v) is 6.29. The topological polar surface area (TPSA) is 49.7 Å². The molecule has 100 valence electrons. The van der Waals surface area contributed by atoms with Crippen molar-refractivity contribution in [3.63, 3.8) is 0 Å². The Morgan fingerprint density at radius 2 is 1.68 bits per heavy atom. The lowest BCUT2D eigenvalue weighted by atomic mass is 9.99. The molecule has 0 spiro atoms. The van der Waals surface area contributed by atoms with Gasteiger partial charge in [-0.2, -0.15) is 0 Å². The van der Waals surface area contributed by atoms with Crippen molar-refractivity contribution >= 4 is 12.6 Å². The van der Waals surface area contributed by atoms with Crippen LogP contribution in [0.25, 0.3) is 11.1 Å². The number of benzene rings is 2. The van der Waals surface area contributed by atoms with E-state index in [0.29, 0.717) is 16.9 Å². The molecule has 0 atom stereocenters. The Hall–Kier alpha value is -1.81. The van der Waals surface area contributed by atoms with Gasteiger partial charge in [-0.1, -0.05) is 0 Å². The van der Waals surface area contributed by atoms with E-state index in [9.17, 15) is 10.2 Å². The van der Waals surface area contributed by atoms with Crippen molar-refractivity contribution in [2.24, 2.45) is 0 Å². The van der Waals surface area contributed by atoms with Crippen LogP contribution in [-0.2, 0) is 0 Å². The first-order chi connectivity index (χ1) is 8.93. The average molecular weight is 276 g/mol. The summed E-state index contributed by atoms with van der Waals surface area (Å²) in [7, 11) is 1.50. The third-order valence-electron chi connectivity index (χ3n) is 3.04. The summed E-state index contributed by atoms with van der Waals surface area (Å²) in [6.45, 7) is 3.76. The molecule has 2 aromatic rings. The van der Waals surface area contributed by atoms with Crippen LogP contribution in [0.2, 0.25) is 0 Å². The summed E-state index contributed by atoms with van der Waals surface area (Å²) in [5.74, 6) is 0.508. The minimum Gasteiger partial charge on any atom is -0.507 e. The summed E-state index contributed by atoms with van der Waals surface area (Å²) in [5.41, 5.74) is 2.88. The number of methoxy groups -OCH3 is 1. The third kappa shape index (κ3) is 2.49. The predicted molar refractivity (Wildman–Crippen MR) is 78.5 cm³/mol. The van der Waals surface area contributed by atoms with E-state index in [0.717, 1.165) is 16.0 Å². The lowest BCUT2D eigenvalue weighted by Gasteiger charge is -2.13. The van der Waals surface area contributed by atoms with E-state index in [1.54, 1.807) is 24.3 Å². The summed E-state index contributed by atoms with van der Waals surface area (Å²) in [5, 5.41) is 20.3. The second-order valence-corrected chi connectivity index (χ2v) is 5.00. The second-order valence-electron chi connectivity index (χ2n) is 4.52. The number of aryl methyl sites for hydroxylation is 2. The van der Waals surface area contributed by atoms with E-state index < -0.39 is 0 Å². The standard InChI is InChI=1S/C15H16O3S/c1-8-4-11(15(17)13(5-8)18-3)10-7-14(19)9(2)6-12(10)16/h4-7,16-17,19H,1-3H3. The Labute approximate surface area is 117 Å². The monoisotopic (exact) mass is 276 g/mol. The highest BCUT2D eigenvalue weighted by atomic mass is 32.1. The van der Waals surface area contributed by atoms with Crippen LogP contribution >= 0.6 is 12.6 Å². The minimum atomic E-state index is 0.0139. The second kappa shape index (κ2) is 5.05. The van der Waals surface area contributed by atoms with Gasteiger partial charge in [0.2, 0.25) is 0 Å². The molecule has 2 aromatic carbocycles. The van der Waals surface area contributed by atoms with Crippen molar-refractivity contribution < 1.29 is 14.9 Å². The maximum Gasteiger partial charge on any atom is 0.165 e. The molecular formula is C15H16O3S. The first-order valence-electron chi connectivity index (χ1n) is 5.84. The SMILES string of the molecule is COc1cc(C)cc(-c2cc(S)c(C)cc2O)c1O. The third-order valence-corrected chi connectivity index (χ3v) is 3.53. The summed E-state index contributed by atoms with van der Waals surface area (Å²) in [6.07, 6.45) is 0. The molecule has 0 unspecified atom stereocenters. The van der Waals surface area contributed by atoms with Crippen LogP contribution in [0.3, 0.4) is 0 Å². The highest BCUT2D eigenvalue weighted by Crippen LogP contribution is 2.42. The van der Waals surface area contributed by atoms with Gasteiger partial charge >= 0.3 is 0 Å². The quantitative estimate of drug-likeness (QED) is 0.733. The largest absolute Gasteiger partial charge is 0.507 e. The Bertz CT molecular complexity index is 636. The average Bonchev–Trinajstić information content (AvgIpc) is 2.36. The number of phenolic OH excluding ortho intramolecular Hbond substituents is 2. The summed E-state index contributed by atoms with van der Waals surface area (Å²) < 4.78 is 5.13. The molecule has 0 aliphatic carbocycles. The van der Waals surface area contributed by atoms with Crippen molar-refractivity contribution in [2.75, 3.05) is 7.11 Å². The van der Waals surface area contributed by atoms with Gasteiger partial charge in [0, 0.05) is 16.0 Å². The van der Waals surface area contributed by atoms with Gasteiger partial charge in [0.25, 0.3) is 0 Å². The smallest absolute Gasteiger partial charge is 0.165 e. The maximum absolute atomic E-state index is 10.2. The van der Waals surface area contributed by atoms with Crippen molar-refractivity contribution in [2.45, 2.75) is 18.7 Å². The number of thiol groups is 1. The van der Waals surface area contributed by atoms with Crippen molar-refractivity contribution in [1.82, 2.24) is 0 Å². The molecule has 0 amide bonds. The minimum absolute atomic E-state index is 0.0139. The van der Waals surface area contributed by atoms with Gasteiger partial charge < -0.3 is 14.9 Å². The van der Waals surface area contributed by atoms with Gasteiger partial charge in [-0.25, -0.2) is 0 Å². The number of phenols is 2. The van der Waals surface area contributed by atoms with Gasteiger partial charge in [-0.3, -0.25) is 0 Å². The molecular weight excluding hydrogens is 260 g/mol. The summed E-state index contributed by atoms with van der Waals surface area (Å²) in [4.78, 5) is 0.757. The number of hydrogen-bond acceptors (Lipinski definition) is 4. The first kappa shape index (κ1) is 13.6. The van der Waals surface area contributed by atoms with Crippen LogP contribution in [0, 0.1) is 13.8 Å². The fraction of sp³-hybridized carbons (Fsp3) is 0.200. The van der Waals surface area contributed by atoms with E-state index in [-0.39, 0.29) is 11.5 Å². The zero-order chi connectivity index (χ0) is 14.2. The Morgan fingerprint density at radius 1 is 1.00 bits per heavy atom. The number of hydrogen-bond donors (Lipinski definition) is 3. The van der Waals surface area contributed by atoms with Gasteiger partial charge in [0.15, 0.2) is 11.5 Å². The molecule has 0 saturated heterocycles. The van der Waals surface area contributed by atoms with E-state index in [1.165, 1.54) is 7.11 Å². The highest BCUT2D eigenvalue weighted by Gasteiger charge is 2.15. The van der Waals surface area contributed by atoms with Gasteiger partial charge in [-0.05, 0) is 49.2 Å². The molecule has 0 heterocycles. The normalized spacial score (nSPS) is 10.5. The Balaban J connectivity index is 2.72. The molecule has 0 saturated carbocycles. The Kier molecular flexibility index (Phi) is 3.62. The van der Waals surface area contributed by atoms with E-state index >= 15 is 0 Å². The molecule has 3 nitrogen and oxygen atoms in total. The van der Waals surface area contributed by atoms with Crippen molar-refractivity contribution in [1.29, 1.82) is 0 Å². The van der Waals surface area contributed by atoms with Gasteiger partial charge in [0.05, 0.1) is 7.11 Å². The lowest BCUT2D eigenvalue weighted by Crippen LogP contribution is -1.90. The van der Waals surface area contributed by atoms with Crippen LogP contribution in [0.15, 0.2) is 29.2 Å². The molecule has 0 aliphatic rings. The molecule has 19 heavy (non-hydrogen) atoms. The van der Waals surface area contributed by atoms with Crippen molar-refractivity contribution in [3.8, 4) is 28.4 Å². The summed E-state index contributed by atoms with van der Waals surface area (Å²) >= 11 is 4.35. The van der Waals surface area contributed by atoms with Crippen LogP contribution in [0.1, 0.15) is 11.1 Å². The predicted octanol–water partition coefficient (Wildman–Crippen LogP) is 3.68. The zero-order valence-corrected chi connectivity index (χ0v) is 12.0. The molecule has 4 heteroatoms. The van der Waals surface area contributed by atoms with Gasteiger partial charge in [0.1, 0.15) is 5.75 Å². The molecule has 0 bridgehead atoms. The molecule has 0 aliphatic heterocycles. The molecule has 0 radical (unpaired) electrons. The van der Waals surface area contributed by atoms with Crippen molar-refractivity contribution in [3.05, 3.63) is 35.4 Å². The fourth-order valence-corrected chi connectivity index (χ4v) is 2.20. The highest BCUT2D eigenvalue weighted by molar-refractivity contribution is 7.80. The van der Waals surface area contributed by atoms with Crippen LogP contribution in [0.4, 0.5) is 0 Å². The molecule has 2 N–H and O–H groups in total. The number of rotatable bonds is 2. The lowest BCUT2D eigenvalue weighted by molar-refractivity contribution is 0.374. The zero-order valence-electron chi connectivity index (χ0n) is 11.1. The molecule has 2 rings (SSSR count). The van der Waals surface area contributed by atoms with Crippen LogP contribution in [0.5, 0.6) is 17.2 Å². The molecule has 0 fully saturated rings. The van der Waals surface area contributed by atoms with Gasteiger partial charge in [-0.15, -0.1) is 12.6 Å². The number of ether oxygens (including phenoxy) is 1. The summed E-state index contributed by atoms with van der Waals surface area (Å²) in [6, 6.07) is 6.91. The van der Waals surface area contributed by atoms with E-state index in [2.05, 4.69) is 12.6 Å². The van der Waals surface area contributed by atoms with E-state index in [4.69, 9.17) is 4.74 Å². The number of aromatic hydroxyl groups is 2. The van der Waals surface area contributed by atoms with E-state index in [1.807, 2.05) is 13.8 Å². The maximum atomic E-state index is 10.2.